The van der Waals surface area contributed by atoms with Crippen LogP contribution in [0, 0.1) is 0 Å². The average Bonchev–Trinajstić information content (AvgIpc) is 2.51. The lowest BCUT2D eigenvalue weighted by Gasteiger charge is -2.17. The summed E-state index contributed by atoms with van der Waals surface area (Å²) < 4.78 is 15.1. The van der Waals surface area contributed by atoms with Crippen LogP contribution in [-0.4, -0.2) is 17.2 Å². The highest BCUT2D eigenvalue weighted by molar-refractivity contribution is 9.10. The van der Waals surface area contributed by atoms with Crippen LogP contribution in [-0.2, 0) is 6.42 Å². The molecule has 1 saturated heterocycles. The number of rotatable bonds is 2. The molecule has 76 valence electrons. The zero-order chi connectivity index (χ0) is 10.0. The van der Waals surface area contributed by atoms with E-state index in [1.165, 1.54) is 0 Å². The Kier molecular flexibility index (Phi) is 3.17. The Morgan fingerprint density at radius 2 is 2.36 bits per heavy atom. The van der Waals surface area contributed by atoms with Crippen LogP contribution < -0.4 is 0 Å². The van der Waals surface area contributed by atoms with Crippen LogP contribution in [0.15, 0.2) is 28.7 Å². The van der Waals surface area contributed by atoms with Crippen molar-refractivity contribution in [3.63, 3.8) is 0 Å². The van der Waals surface area contributed by atoms with E-state index in [9.17, 15) is 4.39 Å². The average molecular weight is 275 g/mol. The van der Waals surface area contributed by atoms with Gasteiger partial charge in [0.25, 0.3) is 0 Å². The summed E-state index contributed by atoms with van der Waals surface area (Å²) in [6.07, 6.45) is 1.25. The summed E-state index contributed by atoms with van der Waals surface area (Å²) in [5.41, 5.74) is 0.121. The predicted octanol–water partition coefficient (Wildman–Crippen LogP) is 3.84. The van der Waals surface area contributed by atoms with Crippen molar-refractivity contribution in [1.82, 2.24) is 0 Å². The topological polar surface area (TPSA) is 0 Å². The Bertz CT molecular complexity index is 321. The minimum atomic E-state index is -0.967. The Labute approximate surface area is 96.4 Å². The third-order valence-electron chi connectivity index (χ3n) is 2.47. The van der Waals surface area contributed by atoms with Crippen molar-refractivity contribution in [2.24, 2.45) is 0 Å². The van der Waals surface area contributed by atoms with E-state index in [2.05, 4.69) is 15.9 Å². The van der Waals surface area contributed by atoms with Crippen LogP contribution in [0.1, 0.15) is 12.0 Å². The Hall–Kier alpha value is -0.0200. The number of alkyl halides is 1. The SMILES string of the molecule is FC1(Cc2cccc(Br)c2)CCSC1. The smallest absolute Gasteiger partial charge is 0.124 e. The highest BCUT2D eigenvalue weighted by Gasteiger charge is 2.34. The number of halogens is 2. The lowest BCUT2D eigenvalue weighted by atomic mass is 9.96. The second kappa shape index (κ2) is 4.23. The molecule has 1 aromatic rings. The molecule has 3 heteroatoms. The van der Waals surface area contributed by atoms with E-state index in [1.54, 1.807) is 11.8 Å². The first-order chi connectivity index (χ1) is 6.68. The van der Waals surface area contributed by atoms with Crippen molar-refractivity contribution in [3.05, 3.63) is 34.3 Å². The summed E-state index contributed by atoms with van der Waals surface area (Å²) in [5.74, 6) is 1.62. The molecule has 1 unspecified atom stereocenters. The molecule has 1 fully saturated rings. The van der Waals surface area contributed by atoms with E-state index in [0.29, 0.717) is 18.6 Å². The molecule has 1 heterocycles. The summed E-state index contributed by atoms with van der Waals surface area (Å²) in [6, 6.07) is 7.93. The maximum absolute atomic E-state index is 14.1. The molecule has 1 atom stereocenters. The molecule has 0 aromatic heterocycles. The molecule has 1 aliphatic heterocycles. The lowest BCUT2D eigenvalue weighted by molar-refractivity contribution is 0.199. The van der Waals surface area contributed by atoms with Gasteiger partial charge in [-0.15, -0.1) is 0 Å². The van der Waals surface area contributed by atoms with Gasteiger partial charge in [0.2, 0.25) is 0 Å². The quantitative estimate of drug-likeness (QED) is 0.790. The third-order valence-corrected chi connectivity index (χ3v) is 4.17. The van der Waals surface area contributed by atoms with Gasteiger partial charge in [0.05, 0.1) is 0 Å². The van der Waals surface area contributed by atoms with Crippen molar-refractivity contribution < 1.29 is 4.39 Å². The standard InChI is InChI=1S/C11H12BrFS/c12-10-3-1-2-9(6-10)7-11(13)4-5-14-8-11/h1-3,6H,4-5,7-8H2. The van der Waals surface area contributed by atoms with Crippen LogP contribution in [0.25, 0.3) is 0 Å². The summed E-state index contributed by atoms with van der Waals surface area (Å²) in [6.45, 7) is 0. The summed E-state index contributed by atoms with van der Waals surface area (Å²) in [7, 11) is 0. The van der Waals surface area contributed by atoms with E-state index in [1.807, 2.05) is 24.3 Å². The van der Waals surface area contributed by atoms with Crippen molar-refractivity contribution in [3.8, 4) is 0 Å². The normalized spacial score (nSPS) is 26.7. The van der Waals surface area contributed by atoms with Crippen LogP contribution in [0.4, 0.5) is 4.39 Å². The second-order valence-corrected chi connectivity index (χ2v) is 5.78. The molecular weight excluding hydrogens is 263 g/mol. The zero-order valence-corrected chi connectivity index (χ0v) is 10.2. The molecule has 2 rings (SSSR count). The second-order valence-electron chi connectivity index (χ2n) is 3.76. The van der Waals surface area contributed by atoms with E-state index >= 15 is 0 Å². The first kappa shape index (κ1) is 10.5. The largest absolute Gasteiger partial charge is 0.243 e. The number of thioether (sulfide) groups is 1. The van der Waals surface area contributed by atoms with Crippen LogP contribution in [0.5, 0.6) is 0 Å². The van der Waals surface area contributed by atoms with E-state index in [-0.39, 0.29) is 0 Å². The maximum Gasteiger partial charge on any atom is 0.124 e. The van der Waals surface area contributed by atoms with Gasteiger partial charge in [0.15, 0.2) is 0 Å². The highest BCUT2D eigenvalue weighted by atomic mass is 79.9. The fourth-order valence-corrected chi connectivity index (χ4v) is 3.45. The predicted molar refractivity (Wildman–Crippen MR) is 63.6 cm³/mol. The highest BCUT2D eigenvalue weighted by Crippen LogP contribution is 2.34. The molecule has 14 heavy (non-hydrogen) atoms. The van der Waals surface area contributed by atoms with Crippen molar-refractivity contribution in [1.29, 1.82) is 0 Å². The van der Waals surface area contributed by atoms with Gasteiger partial charge in [-0.05, 0) is 29.9 Å². The van der Waals surface area contributed by atoms with Crippen LogP contribution in [0.2, 0.25) is 0 Å². The van der Waals surface area contributed by atoms with Gasteiger partial charge in [-0.3, -0.25) is 0 Å². The molecule has 0 N–H and O–H groups in total. The fourth-order valence-electron chi connectivity index (χ4n) is 1.73. The summed E-state index contributed by atoms with van der Waals surface area (Å²) >= 11 is 5.12. The zero-order valence-electron chi connectivity index (χ0n) is 7.80. The fraction of sp³-hybridized carbons (Fsp3) is 0.455. The number of hydrogen-bond acceptors (Lipinski definition) is 1. The summed E-state index contributed by atoms with van der Waals surface area (Å²) in [4.78, 5) is 0. The monoisotopic (exact) mass is 274 g/mol. The van der Waals surface area contributed by atoms with E-state index in [4.69, 9.17) is 0 Å². The number of benzene rings is 1. The molecule has 1 aliphatic rings. The van der Waals surface area contributed by atoms with Crippen LogP contribution >= 0.6 is 27.7 Å². The van der Waals surface area contributed by atoms with E-state index in [0.717, 1.165) is 15.8 Å². The minimum Gasteiger partial charge on any atom is -0.243 e. The minimum absolute atomic E-state index is 0.555. The number of hydrogen-bond donors (Lipinski definition) is 0. The van der Waals surface area contributed by atoms with Crippen molar-refractivity contribution >= 4 is 27.7 Å². The van der Waals surface area contributed by atoms with Gasteiger partial charge in [0, 0.05) is 16.6 Å². The van der Waals surface area contributed by atoms with Gasteiger partial charge in [-0.2, -0.15) is 11.8 Å². The van der Waals surface area contributed by atoms with Gasteiger partial charge in [-0.25, -0.2) is 4.39 Å². The Morgan fingerprint density at radius 3 is 3.00 bits per heavy atom. The van der Waals surface area contributed by atoms with Gasteiger partial charge in [-0.1, -0.05) is 28.1 Å². The molecule has 0 amide bonds. The van der Waals surface area contributed by atoms with Crippen molar-refractivity contribution in [2.45, 2.75) is 18.5 Å². The van der Waals surface area contributed by atoms with Gasteiger partial charge in [0.1, 0.15) is 5.67 Å². The third kappa shape index (κ3) is 2.51. The van der Waals surface area contributed by atoms with Gasteiger partial charge >= 0.3 is 0 Å². The molecular formula is C11H12BrFS. The molecule has 0 spiro atoms. The molecule has 0 aliphatic carbocycles. The molecule has 0 bridgehead atoms. The van der Waals surface area contributed by atoms with E-state index < -0.39 is 5.67 Å². The first-order valence-electron chi connectivity index (χ1n) is 4.69. The lowest BCUT2D eigenvalue weighted by Crippen LogP contribution is -2.24. The maximum atomic E-state index is 14.1. The molecule has 0 saturated carbocycles. The molecule has 0 radical (unpaired) electrons. The first-order valence-corrected chi connectivity index (χ1v) is 6.64. The Balaban J connectivity index is 2.10. The molecule has 0 nitrogen and oxygen atoms in total. The van der Waals surface area contributed by atoms with Crippen molar-refractivity contribution in [2.75, 3.05) is 11.5 Å². The Morgan fingerprint density at radius 1 is 1.50 bits per heavy atom. The van der Waals surface area contributed by atoms with Crippen LogP contribution in [0.3, 0.4) is 0 Å². The summed E-state index contributed by atoms with van der Waals surface area (Å²) in [5, 5.41) is 0. The van der Waals surface area contributed by atoms with Gasteiger partial charge < -0.3 is 0 Å². The molecule has 1 aromatic carbocycles.